The van der Waals surface area contributed by atoms with E-state index in [0.717, 1.165) is 51.4 Å². The van der Waals surface area contributed by atoms with E-state index in [9.17, 15) is 19.8 Å². The number of aliphatic hydroxyl groups is 2. The number of unbranched alkanes of at least 4 members (excludes halogenated alkanes) is 36. The fraction of sp³-hybridized carbons (Fsp3) is 0.895. The number of ether oxygens (including phenoxy) is 1. The first-order valence-corrected chi connectivity index (χ1v) is 28.1. The summed E-state index contributed by atoms with van der Waals surface area (Å²) in [6.45, 7) is 6.50. The van der Waals surface area contributed by atoms with Crippen LogP contribution < -0.4 is 5.32 Å². The van der Waals surface area contributed by atoms with Crippen molar-refractivity contribution in [2.75, 3.05) is 6.61 Å². The van der Waals surface area contributed by atoms with Crippen LogP contribution in [0.4, 0.5) is 0 Å². The summed E-state index contributed by atoms with van der Waals surface area (Å²) in [6, 6.07) is -0.700. The van der Waals surface area contributed by atoms with Gasteiger partial charge in [0.25, 0.3) is 0 Å². The van der Waals surface area contributed by atoms with Gasteiger partial charge in [0.1, 0.15) is 6.10 Å². The molecule has 0 heterocycles. The molecule has 6 heteroatoms. The van der Waals surface area contributed by atoms with Gasteiger partial charge >= 0.3 is 5.97 Å². The van der Waals surface area contributed by atoms with Crippen LogP contribution in [0.2, 0.25) is 0 Å². The SMILES string of the molecule is CCCCCCCCC/C=C/C=C/CCCCCCCC(=O)OC(CCCCCCCCCCCCCCC)CC(=O)NC(CO)C(O)CCCCCCCCCCCCCCC. The van der Waals surface area contributed by atoms with Crippen LogP contribution in [0.25, 0.3) is 0 Å². The summed E-state index contributed by atoms with van der Waals surface area (Å²) in [4.78, 5) is 26.2. The van der Waals surface area contributed by atoms with Gasteiger partial charge < -0.3 is 20.3 Å². The van der Waals surface area contributed by atoms with Crippen molar-refractivity contribution in [3.63, 3.8) is 0 Å². The smallest absolute Gasteiger partial charge is 0.306 e. The van der Waals surface area contributed by atoms with Gasteiger partial charge in [0.15, 0.2) is 0 Å². The molecule has 0 aromatic carbocycles. The van der Waals surface area contributed by atoms with Gasteiger partial charge in [0, 0.05) is 6.42 Å². The van der Waals surface area contributed by atoms with E-state index in [1.807, 2.05) is 0 Å². The first-order valence-electron chi connectivity index (χ1n) is 28.1. The van der Waals surface area contributed by atoms with Crippen LogP contribution in [0.1, 0.15) is 303 Å². The summed E-state index contributed by atoms with van der Waals surface area (Å²) in [5.41, 5.74) is 0. The Kier molecular flexibility index (Phi) is 50.0. The number of amides is 1. The van der Waals surface area contributed by atoms with Gasteiger partial charge in [-0.1, -0.05) is 263 Å². The third kappa shape index (κ3) is 46.7. The fourth-order valence-electron chi connectivity index (χ4n) is 8.78. The molecule has 0 aromatic rings. The van der Waals surface area contributed by atoms with Crippen LogP contribution in [0, 0.1) is 0 Å². The van der Waals surface area contributed by atoms with Gasteiger partial charge in [-0.25, -0.2) is 0 Å². The Morgan fingerprint density at radius 3 is 1.17 bits per heavy atom. The van der Waals surface area contributed by atoms with Crippen molar-refractivity contribution in [2.24, 2.45) is 0 Å². The maximum atomic E-state index is 13.2. The normalized spacial score (nSPS) is 13.3. The van der Waals surface area contributed by atoms with Crippen molar-refractivity contribution >= 4 is 11.9 Å². The highest BCUT2D eigenvalue weighted by Gasteiger charge is 2.24. The maximum absolute atomic E-state index is 13.2. The van der Waals surface area contributed by atoms with Crippen LogP contribution in [0.3, 0.4) is 0 Å². The van der Waals surface area contributed by atoms with Gasteiger partial charge in [-0.15, -0.1) is 0 Å². The third-order valence-corrected chi connectivity index (χ3v) is 13.1. The first-order chi connectivity index (χ1) is 31.0. The Labute approximate surface area is 392 Å². The quantitative estimate of drug-likeness (QED) is 0.0321. The second-order valence-corrected chi connectivity index (χ2v) is 19.4. The number of allylic oxidation sites excluding steroid dienone is 4. The van der Waals surface area contributed by atoms with Crippen LogP contribution >= 0.6 is 0 Å². The van der Waals surface area contributed by atoms with Gasteiger partial charge in [0.2, 0.25) is 5.91 Å². The van der Waals surface area contributed by atoms with Crippen molar-refractivity contribution < 1.29 is 24.5 Å². The standard InChI is InChI=1S/C57H109NO5/c1-4-7-10-13-16-19-22-25-26-27-28-29-32-35-38-41-44-47-50-57(62)63-53(48-45-42-39-36-33-30-23-20-17-14-11-8-5-2)51-56(61)58-54(52-59)55(60)49-46-43-40-37-34-31-24-21-18-15-12-9-6-3/h26-29,53-55,59-60H,4-25,30-52H2,1-3H3,(H,58,61)/b27-26+,29-28+. The molecular formula is C57H109NO5. The van der Waals surface area contributed by atoms with Gasteiger partial charge in [0.05, 0.1) is 25.2 Å². The number of nitrogens with one attached hydrogen (secondary N) is 1. The van der Waals surface area contributed by atoms with E-state index in [2.05, 4.69) is 50.4 Å². The Balaban J connectivity index is 4.53. The number of aliphatic hydroxyl groups excluding tert-OH is 2. The molecule has 63 heavy (non-hydrogen) atoms. The van der Waals surface area contributed by atoms with E-state index in [1.165, 1.54) is 205 Å². The summed E-state index contributed by atoms with van der Waals surface area (Å²) >= 11 is 0. The van der Waals surface area contributed by atoms with Crippen LogP contribution in [-0.4, -0.2) is 46.9 Å². The van der Waals surface area contributed by atoms with Gasteiger partial charge in [-0.3, -0.25) is 9.59 Å². The van der Waals surface area contributed by atoms with Crippen LogP contribution in [0.15, 0.2) is 24.3 Å². The number of esters is 1. The Morgan fingerprint density at radius 2 is 0.794 bits per heavy atom. The van der Waals surface area contributed by atoms with E-state index in [-0.39, 0.29) is 24.9 Å². The lowest BCUT2D eigenvalue weighted by Crippen LogP contribution is -2.46. The summed E-state index contributed by atoms with van der Waals surface area (Å²) < 4.78 is 5.95. The molecule has 0 rings (SSSR count). The van der Waals surface area contributed by atoms with E-state index in [0.29, 0.717) is 19.3 Å². The predicted octanol–water partition coefficient (Wildman–Crippen LogP) is 17.1. The zero-order chi connectivity index (χ0) is 45.9. The third-order valence-electron chi connectivity index (χ3n) is 13.1. The average molecular weight is 889 g/mol. The molecule has 3 N–H and O–H groups in total. The number of carbonyl (C=O) groups excluding carboxylic acids is 2. The molecule has 0 saturated carbocycles. The lowest BCUT2D eigenvalue weighted by molar-refractivity contribution is -0.151. The van der Waals surface area contributed by atoms with E-state index < -0.39 is 18.2 Å². The second-order valence-electron chi connectivity index (χ2n) is 19.4. The summed E-state index contributed by atoms with van der Waals surface area (Å²) in [5, 5.41) is 23.8. The van der Waals surface area contributed by atoms with E-state index in [1.54, 1.807) is 0 Å². The number of hydrogen-bond acceptors (Lipinski definition) is 5. The molecule has 6 nitrogen and oxygen atoms in total. The van der Waals surface area contributed by atoms with Crippen LogP contribution in [-0.2, 0) is 14.3 Å². The highest BCUT2D eigenvalue weighted by Crippen LogP contribution is 2.19. The minimum atomic E-state index is -0.786. The molecule has 0 aliphatic heterocycles. The topological polar surface area (TPSA) is 95.9 Å². The fourth-order valence-corrected chi connectivity index (χ4v) is 8.78. The molecule has 3 unspecified atom stereocenters. The Hall–Kier alpha value is -1.66. The molecule has 372 valence electrons. The van der Waals surface area contributed by atoms with Gasteiger partial charge in [-0.2, -0.15) is 0 Å². The highest BCUT2D eigenvalue weighted by atomic mass is 16.5. The van der Waals surface area contributed by atoms with Gasteiger partial charge in [-0.05, 0) is 51.4 Å². The number of carbonyl (C=O) groups is 2. The monoisotopic (exact) mass is 888 g/mol. The lowest BCUT2D eigenvalue weighted by Gasteiger charge is -2.24. The maximum Gasteiger partial charge on any atom is 0.306 e. The largest absolute Gasteiger partial charge is 0.462 e. The number of rotatable bonds is 51. The second kappa shape index (κ2) is 51.3. The molecule has 3 atom stereocenters. The molecule has 0 aliphatic carbocycles. The molecule has 0 aromatic heterocycles. The first kappa shape index (κ1) is 61.3. The average Bonchev–Trinajstić information content (AvgIpc) is 3.28. The van der Waals surface area contributed by atoms with Crippen molar-refractivity contribution in [1.82, 2.24) is 5.32 Å². The van der Waals surface area contributed by atoms with Crippen molar-refractivity contribution in [3.05, 3.63) is 24.3 Å². The molecule has 0 radical (unpaired) electrons. The van der Waals surface area contributed by atoms with Crippen molar-refractivity contribution in [1.29, 1.82) is 0 Å². The summed E-state index contributed by atoms with van der Waals surface area (Å²) in [6.07, 6.45) is 59.5. The zero-order valence-corrected chi connectivity index (χ0v) is 42.5. The number of hydrogen-bond donors (Lipinski definition) is 3. The summed E-state index contributed by atoms with van der Waals surface area (Å²) in [7, 11) is 0. The minimum absolute atomic E-state index is 0.0772. The minimum Gasteiger partial charge on any atom is -0.462 e. The highest BCUT2D eigenvalue weighted by molar-refractivity contribution is 5.77. The molecule has 1 amide bonds. The molecule has 0 saturated heterocycles. The van der Waals surface area contributed by atoms with Crippen LogP contribution in [0.5, 0.6) is 0 Å². The van der Waals surface area contributed by atoms with Crippen molar-refractivity contribution in [2.45, 2.75) is 322 Å². The molecule has 0 spiro atoms. The lowest BCUT2D eigenvalue weighted by atomic mass is 10.0. The summed E-state index contributed by atoms with van der Waals surface area (Å²) in [5.74, 6) is -0.474. The van der Waals surface area contributed by atoms with E-state index in [4.69, 9.17) is 4.74 Å². The molecule has 0 aliphatic rings. The molecule has 0 fully saturated rings. The Morgan fingerprint density at radius 1 is 0.460 bits per heavy atom. The van der Waals surface area contributed by atoms with E-state index >= 15 is 0 Å². The predicted molar refractivity (Wildman–Crippen MR) is 273 cm³/mol. The molecular weight excluding hydrogens is 779 g/mol. The van der Waals surface area contributed by atoms with Crippen molar-refractivity contribution in [3.8, 4) is 0 Å². The zero-order valence-electron chi connectivity index (χ0n) is 42.5. The Bertz CT molecular complexity index is 997. The molecule has 0 bridgehead atoms.